The first-order valence-corrected chi connectivity index (χ1v) is 11.3. The molecular formula is C30H19Br. The average molecular weight is 459 g/mol. The van der Waals surface area contributed by atoms with E-state index in [1.807, 2.05) is 0 Å². The fraction of sp³-hybridized carbons (Fsp3) is 0. The summed E-state index contributed by atoms with van der Waals surface area (Å²) in [5.74, 6) is 0. The van der Waals surface area contributed by atoms with Gasteiger partial charge >= 0.3 is 0 Å². The third kappa shape index (κ3) is 2.89. The molecule has 0 atom stereocenters. The minimum atomic E-state index is 1.12. The van der Waals surface area contributed by atoms with Gasteiger partial charge in [0, 0.05) is 10.0 Å². The summed E-state index contributed by atoms with van der Waals surface area (Å²) in [5, 5.41) is 7.77. The van der Waals surface area contributed by atoms with Crippen LogP contribution in [0.4, 0.5) is 0 Å². The summed E-state index contributed by atoms with van der Waals surface area (Å²) in [6.45, 7) is 0. The van der Waals surface area contributed by atoms with Crippen LogP contribution < -0.4 is 0 Å². The molecule has 31 heavy (non-hydrogen) atoms. The van der Waals surface area contributed by atoms with Crippen molar-refractivity contribution in [2.24, 2.45) is 0 Å². The van der Waals surface area contributed by atoms with Crippen LogP contribution in [0.5, 0.6) is 0 Å². The van der Waals surface area contributed by atoms with Crippen LogP contribution in [0.1, 0.15) is 0 Å². The molecule has 0 saturated carbocycles. The lowest BCUT2D eigenvalue weighted by Crippen LogP contribution is -1.92. The monoisotopic (exact) mass is 458 g/mol. The van der Waals surface area contributed by atoms with Crippen LogP contribution in [-0.4, -0.2) is 0 Å². The molecule has 6 rings (SSSR count). The van der Waals surface area contributed by atoms with Gasteiger partial charge in [-0.3, -0.25) is 0 Å². The molecule has 1 heteroatoms. The zero-order chi connectivity index (χ0) is 20.8. The van der Waals surface area contributed by atoms with E-state index < -0.39 is 0 Å². The van der Waals surface area contributed by atoms with Crippen LogP contribution in [0, 0.1) is 0 Å². The van der Waals surface area contributed by atoms with Gasteiger partial charge in [0.05, 0.1) is 0 Å². The number of rotatable bonds is 2. The summed E-state index contributed by atoms with van der Waals surface area (Å²) in [6, 6.07) is 41.3. The van der Waals surface area contributed by atoms with Crippen molar-refractivity contribution in [3.8, 4) is 22.3 Å². The van der Waals surface area contributed by atoms with Crippen molar-refractivity contribution < 1.29 is 0 Å². The van der Waals surface area contributed by atoms with Crippen molar-refractivity contribution in [2.45, 2.75) is 0 Å². The van der Waals surface area contributed by atoms with E-state index >= 15 is 0 Å². The molecule has 0 spiro atoms. The Morgan fingerprint density at radius 3 is 1.45 bits per heavy atom. The highest BCUT2D eigenvalue weighted by atomic mass is 79.9. The zero-order valence-electron chi connectivity index (χ0n) is 16.8. The number of fused-ring (bicyclic) bond motifs is 6. The van der Waals surface area contributed by atoms with Gasteiger partial charge in [0.1, 0.15) is 0 Å². The first-order valence-electron chi connectivity index (χ1n) is 10.5. The maximum Gasteiger partial charge on any atom is 0.0266 e. The molecule has 0 unspecified atom stereocenters. The lowest BCUT2D eigenvalue weighted by atomic mass is 9.85. The van der Waals surface area contributed by atoms with Crippen molar-refractivity contribution in [1.29, 1.82) is 0 Å². The van der Waals surface area contributed by atoms with Gasteiger partial charge < -0.3 is 0 Å². The maximum absolute atomic E-state index is 3.95. The summed E-state index contributed by atoms with van der Waals surface area (Å²) in [4.78, 5) is 0. The lowest BCUT2D eigenvalue weighted by Gasteiger charge is -2.19. The maximum atomic E-state index is 3.95. The van der Waals surface area contributed by atoms with Crippen LogP contribution in [0.25, 0.3) is 54.6 Å². The fourth-order valence-corrected chi connectivity index (χ4v) is 5.46. The second-order valence-corrected chi connectivity index (χ2v) is 8.71. The second kappa shape index (κ2) is 7.37. The van der Waals surface area contributed by atoms with Crippen molar-refractivity contribution in [3.63, 3.8) is 0 Å². The summed E-state index contributed by atoms with van der Waals surface area (Å²) in [6.07, 6.45) is 0. The minimum absolute atomic E-state index is 1.12. The molecule has 0 aliphatic heterocycles. The standard InChI is InChI=1S/C30H19Br/c31-27-19-26(20-11-3-1-4-12-20)29-24-17-9-7-15-22(24)23-16-8-10-18-25(23)30(29)28(27)21-13-5-2-6-14-21/h1-19H. The largest absolute Gasteiger partial charge is 0.0622 e. The topological polar surface area (TPSA) is 0 Å². The molecule has 0 aromatic heterocycles. The van der Waals surface area contributed by atoms with Crippen LogP contribution >= 0.6 is 15.9 Å². The highest BCUT2D eigenvalue weighted by molar-refractivity contribution is 9.10. The Hall–Kier alpha value is -3.42. The van der Waals surface area contributed by atoms with E-state index in [1.165, 1.54) is 54.6 Å². The van der Waals surface area contributed by atoms with Gasteiger partial charge in [-0.25, -0.2) is 0 Å². The summed E-state index contributed by atoms with van der Waals surface area (Å²) in [7, 11) is 0. The zero-order valence-corrected chi connectivity index (χ0v) is 18.4. The number of hydrogen-bond acceptors (Lipinski definition) is 0. The van der Waals surface area contributed by atoms with Gasteiger partial charge in [0.15, 0.2) is 0 Å². The molecule has 0 N–H and O–H groups in total. The van der Waals surface area contributed by atoms with Crippen molar-refractivity contribution >= 4 is 48.2 Å². The highest BCUT2D eigenvalue weighted by Crippen LogP contribution is 2.47. The van der Waals surface area contributed by atoms with E-state index in [2.05, 4.69) is 131 Å². The van der Waals surface area contributed by atoms with Crippen LogP contribution in [-0.2, 0) is 0 Å². The Morgan fingerprint density at radius 1 is 0.419 bits per heavy atom. The van der Waals surface area contributed by atoms with Crippen molar-refractivity contribution in [3.05, 3.63) is 120 Å². The fourth-order valence-electron chi connectivity index (χ4n) is 4.80. The van der Waals surface area contributed by atoms with E-state index in [9.17, 15) is 0 Å². The summed E-state index contributed by atoms with van der Waals surface area (Å²) >= 11 is 3.95. The predicted octanol–water partition coefficient (Wildman–Crippen LogP) is 9.24. The van der Waals surface area contributed by atoms with Gasteiger partial charge in [-0.2, -0.15) is 0 Å². The Labute approximate surface area is 189 Å². The Kier molecular flexibility index (Phi) is 4.36. The van der Waals surface area contributed by atoms with Crippen LogP contribution in [0.3, 0.4) is 0 Å². The van der Waals surface area contributed by atoms with Gasteiger partial charge in [-0.1, -0.05) is 125 Å². The number of hydrogen-bond donors (Lipinski definition) is 0. The van der Waals surface area contributed by atoms with E-state index in [0.717, 1.165) is 4.47 Å². The summed E-state index contributed by atoms with van der Waals surface area (Å²) in [5.41, 5.74) is 4.95. The average Bonchev–Trinajstić information content (AvgIpc) is 2.84. The Morgan fingerprint density at radius 2 is 0.871 bits per heavy atom. The van der Waals surface area contributed by atoms with E-state index in [1.54, 1.807) is 0 Å². The quantitative estimate of drug-likeness (QED) is 0.226. The summed E-state index contributed by atoms with van der Waals surface area (Å²) < 4.78 is 1.12. The SMILES string of the molecule is Brc1cc(-c2ccccc2)c2c3ccccc3c3ccccc3c2c1-c1ccccc1. The first kappa shape index (κ1) is 18.4. The third-order valence-corrected chi connectivity index (χ3v) is 6.73. The Bertz CT molecular complexity index is 1570. The molecule has 0 nitrogen and oxygen atoms in total. The molecule has 0 radical (unpaired) electrons. The van der Waals surface area contributed by atoms with Crippen molar-refractivity contribution in [1.82, 2.24) is 0 Å². The first-order chi connectivity index (χ1) is 15.3. The van der Waals surface area contributed by atoms with Gasteiger partial charge in [-0.05, 0) is 55.1 Å². The molecule has 146 valence electrons. The van der Waals surface area contributed by atoms with E-state index in [-0.39, 0.29) is 0 Å². The third-order valence-electron chi connectivity index (χ3n) is 6.11. The highest BCUT2D eigenvalue weighted by Gasteiger charge is 2.19. The molecule has 6 aromatic carbocycles. The lowest BCUT2D eigenvalue weighted by molar-refractivity contribution is 1.61. The van der Waals surface area contributed by atoms with Gasteiger partial charge in [0.25, 0.3) is 0 Å². The second-order valence-electron chi connectivity index (χ2n) is 7.85. The molecule has 0 heterocycles. The number of benzene rings is 6. The minimum Gasteiger partial charge on any atom is -0.0622 e. The normalized spacial score (nSPS) is 11.4. The molecule has 0 amide bonds. The number of halogens is 1. The molecule has 0 aliphatic carbocycles. The molecule has 0 saturated heterocycles. The smallest absolute Gasteiger partial charge is 0.0266 e. The van der Waals surface area contributed by atoms with Gasteiger partial charge in [-0.15, -0.1) is 0 Å². The molecule has 0 fully saturated rings. The van der Waals surface area contributed by atoms with E-state index in [0.29, 0.717) is 0 Å². The van der Waals surface area contributed by atoms with Gasteiger partial charge in [0.2, 0.25) is 0 Å². The van der Waals surface area contributed by atoms with Crippen LogP contribution in [0.15, 0.2) is 120 Å². The van der Waals surface area contributed by atoms with Crippen molar-refractivity contribution in [2.75, 3.05) is 0 Å². The Balaban J connectivity index is 1.95. The molecule has 0 aliphatic rings. The molecular weight excluding hydrogens is 440 g/mol. The van der Waals surface area contributed by atoms with Crippen LogP contribution in [0.2, 0.25) is 0 Å². The van der Waals surface area contributed by atoms with E-state index in [4.69, 9.17) is 0 Å². The predicted molar refractivity (Wildman–Crippen MR) is 138 cm³/mol. The molecule has 6 aromatic rings. The molecule has 0 bridgehead atoms.